The quantitative estimate of drug-likeness (QED) is 0.583. The first-order valence-corrected chi connectivity index (χ1v) is 7.69. The van der Waals surface area contributed by atoms with Crippen LogP contribution < -0.4 is 11.3 Å². The highest BCUT2D eigenvalue weighted by Gasteiger charge is 2.11. The molecule has 0 radical (unpaired) electrons. The molecular weight excluding hydrogens is 232 g/mol. The predicted octanol–water partition coefficient (Wildman–Crippen LogP) is 1.08. The largest absolute Gasteiger partial charge is 0.271 e. The third-order valence-electron chi connectivity index (χ3n) is 2.15. The van der Waals surface area contributed by atoms with Gasteiger partial charge in [-0.2, -0.15) is 11.3 Å². The Morgan fingerprint density at radius 2 is 2.33 bits per heavy atom. The van der Waals surface area contributed by atoms with Crippen molar-refractivity contribution in [2.45, 2.75) is 18.9 Å². The van der Waals surface area contributed by atoms with Gasteiger partial charge >= 0.3 is 0 Å². The Morgan fingerprint density at radius 1 is 1.60 bits per heavy atom. The van der Waals surface area contributed by atoms with Crippen molar-refractivity contribution in [3.63, 3.8) is 0 Å². The standard InChI is InChI=1S/C9H16N2O2S2/c1-15(12,13)6-2-3-9(11-10)8-4-5-14-7-8/h4-5,7,9,11H,2-3,6,10H2,1H3. The first kappa shape index (κ1) is 12.6. The maximum absolute atomic E-state index is 10.9. The Kier molecular flexibility index (Phi) is 4.72. The molecular formula is C9H16N2O2S2. The van der Waals surface area contributed by atoms with E-state index in [1.165, 1.54) is 6.26 Å². The molecule has 3 N–H and O–H groups in total. The Hall–Kier alpha value is -0.430. The molecule has 0 saturated heterocycles. The molecule has 0 amide bonds. The smallest absolute Gasteiger partial charge is 0.147 e. The second kappa shape index (κ2) is 5.60. The van der Waals surface area contributed by atoms with Gasteiger partial charge in [-0.3, -0.25) is 11.3 Å². The summed E-state index contributed by atoms with van der Waals surface area (Å²) in [4.78, 5) is 0. The molecule has 0 spiro atoms. The van der Waals surface area contributed by atoms with Crippen molar-refractivity contribution in [1.29, 1.82) is 0 Å². The van der Waals surface area contributed by atoms with Gasteiger partial charge in [0.2, 0.25) is 0 Å². The summed E-state index contributed by atoms with van der Waals surface area (Å²) < 4.78 is 21.9. The van der Waals surface area contributed by atoms with Gasteiger partial charge in [0.25, 0.3) is 0 Å². The van der Waals surface area contributed by atoms with Crippen molar-refractivity contribution in [3.05, 3.63) is 22.4 Å². The van der Waals surface area contributed by atoms with Crippen molar-refractivity contribution in [2.24, 2.45) is 5.84 Å². The van der Waals surface area contributed by atoms with E-state index < -0.39 is 9.84 Å². The lowest BCUT2D eigenvalue weighted by Gasteiger charge is -2.13. The van der Waals surface area contributed by atoms with E-state index in [9.17, 15) is 8.42 Å². The molecule has 4 nitrogen and oxygen atoms in total. The van der Waals surface area contributed by atoms with E-state index in [0.717, 1.165) is 12.0 Å². The fraction of sp³-hybridized carbons (Fsp3) is 0.556. The summed E-state index contributed by atoms with van der Waals surface area (Å²) in [5.74, 6) is 5.64. The predicted molar refractivity (Wildman–Crippen MR) is 63.3 cm³/mol. The summed E-state index contributed by atoms with van der Waals surface area (Å²) in [6.07, 6.45) is 2.62. The van der Waals surface area contributed by atoms with Crippen molar-refractivity contribution in [3.8, 4) is 0 Å². The van der Waals surface area contributed by atoms with E-state index >= 15 is 0 Å². The van der Waals surface area contributed by atoms with Crippen LogP contribution in [0.25, 0.3) is 0 Å². The third kappa shape index (κ3) is 4.74. The molecule has 0 bridgehead atoms. The Balaban J connectivity index is 2.42. The van der Waals surface area contributed by atoms with Gasteiger partial charge in [0.1, 0.15) is 9.84 Å². The number of hydrazine groups is 1. The van der Waals surface area contributed by atoms with Gasteiger partial charge in [0, 0.05) is 18.1 Å². The monoisotopic (exact) mass is 248 g/mol. The van der Waals surface area contributed by atoms with Crippen LogP contribution in [0.15, 0.2) is 16.8 Å². The van der Waals surface area contributed by atoms with E-state index in [-0.39, 0.29) is 11.8 Å². The average Bonchev–Trinajstić information content (AvgIpc) is 2.63. The lowest BCUT2D eigenvalue weighted by atomic mass is 10.1. The number of nitrogens with two attached hydrogens (primary N) is 1. The summed E-state index contributed by atoms with van der Waals surface area (Å²) in [5.41, 5.74) is 3.82. The molecule has 15 heavy (non-hydrogen) atoms. The van der Waals surface area contributed by atoms with E-state index in [0.29, 0.717) is 6.42 Å². The van der Waals surface area contributed by atoms with Crippen molar-refractivity contribution in [1.82, 2.24) is 5.43 Å². The number of rotatable bonds is 6. The van der Waals surface area contributed by atoms with Crippen LogP contribution in [0.2, 0.25) is 0 Å². The van der Waals surface area contributed by atoms with Crippen LogP contribution in [0.4, 0.5) is 0 Å². The molecule has 86 valence electrons. The van der Waals surface area contributed by atoms with Crippen molar-refractivity contribution >= 4 is 21.2 Å². The molecule has 1 rings (SSSR count). The number of hydrogen-bond acceptors (Lipinski definition) is 5. The summed E-state index contributed by atoms with van der Waals surface area (Å²) in [6, 6.07) is 2.05. The average molecular weight is 248 g/mol. The van der Waals surface area contributed by atoms with Crippen molar-refractivity contribution in [2.75, 3.05) is 12.0 Å². The van der Waals surface area contributed by atoms with Crippen LogP contribution >= 0.6 is 11.3 Å². The Bertz CT molecular complexity index is 373. The van der Waals surface area contributed by atoms with E-state index in [4.69, 9.17) is 5.84 Å². The van der Waals surface area contributed by atoms with E-state index in [2.05, 4.69) is 5.43 Å². The number of thiophene rings is 1. The minimum Gasteiger partial charge on any atom is -0.271 e. The first-order chi connectivity index (χ1) is 7.03. The molecule has 1 unspecified atom stereocenters. The molecule has 0 aliphatic carbocycles. The van der Waals surface area contributed by atoms with Gasteiger partial charge in [-0.25, -0.2) is 8.42 Å². The zero-order valence-electron chi connectivity index (χ0n) is 8.64. The topological polar surface area (TPSA) is 72.2 Å². The highest BCUT2D eigenvalue weighted by Crippen LogP contribution is 2.20. The maximum Gasteiger partial charge on any atom is 0.147 e. The number of hydrogen-bond donors (Lipinski definition) is 2. The van der Waals surface area contributed by atoms with Gasteiger partial charge in [0.15, 0.2) is 0 Å². The van der Waals surface area contributed by atoms with Crippen LogP contribution in [0.3, 0.4) is 0 Å². The minimum atomic E-state index is -2.86. The fourth-order valence-electron chi connectivity index (χ4n) is 1.37. The van der Waals surface area contributed by atoms with Crippen molar-refractivity contribution < 1.29 is 8.42 Å². The van der Waals surface area contributed by atoms with E-state index in [1.807, 2.05) is 16.8 Å². The second-order valence-electron chi connectivity index (χ2n) is 3.55. The van der Waals surface area contributed by atoms with Crippen LogP contribution in [-0.4, -0.2) is 20.4 Å². The zero-order valence-corrected chi connectivity index (χ0v) is 10.3. The third-order valence-corrected chi connectivity index (χ3v) is 3.89. The molecule has 1 heterocycles. The summed E-state index contributed by atoms with van der Waals surface area (Å²) in [7, 11) is -2.86. The van der Waals surface area contributed by atoms with Gasteiger partial charge in [-0.1, -0.05) is 0 Å². The molecule has 1 atom stereocenters. The molecule has 6 heteroatoms. The van der Waals surface area contributed by atoms with Gasteiger partial charge in [0.05, 0.1) is 0 Å². The Labute approximate surface area is 94.4 Å². The fourth-order valence-corrected chi connectivity index (χ4v) is 2.77. The van der Waals surface area contributed by atoms with Crippen LogP contribution in [0.5, 0.6) is 0 Å². The van der Waals surface area contributed by atoms with Crippen LogP contribution in [-0.2, 0) is 9.84 Å². The van der Waals surface area contributed by atoms with Crippen LogP contribution in [0, 0.1) is 0 Å². The molecule has 1 aromatic rings. The molecule has 0 aromatic carbocycles. The minimum absolute atomic E-state index is 0.0537. The lowest BCUT2D eigenvalue weighted by molar-refractivity contribution is 0.509. The SMILES string of the molecule is CS(=O)(=O)CCCC(NN)c1ccsc1. The summed E-state index contributed by atoms with van der Waals surface area (Å²) in [5, 5.41) is 4.00. The Morgan fingerprint density at radius 3 is 2.80 bits per heavy atom. The zero-order chi connectivity index (χ0) is 11.3. The number of nitrogens with one attached hydrogen (secondary N) is 1. The highest BCUT2D eigenvalue weighted by molar-refractivity contribution is 7.90. The summed E-state index contributed by atoms with van der Waals surface area (Å²) in [6.45, 7) is 0. The van der Waals surface area contributed by atoms with Gasteiger partial charge < -0.3 is 0 Å². The lowest BCUT2D eigenvalue weighted by Crippen LogP contribution is -2.28. The second-order valence-corrected chi connectivity index (χ2v) is 6.59. The summed E-state index contributed by atoms with van der Waals surface area (Å²) >= 11 is 1.61. The molecule has 0 saturated carbocycles. The maximum atomic E-state index is 10.9. The molecule has 1 aromatic heterocycles. The molecule has 0 aliphatic rings. The van der Waals surface area contributed by atoms with E-state index in [1.54, 1.807) is 11.3 Å². The molecule has 0 aliphatic heterocycles. The normalized spacial score (nSPS) is 14.0. The van der Waals surface area contributed by atoms with Gasteiger partial charge in [-0.05, 0) is 35.2 Å². The van der Waals surface area contributed by atoms with Crippen LogP contribution in [0.1, 0.15) is 24.4 Å². The first-order valence-electron chi connectivity index (χ1n) is 4.69. The number of sulfone groups is 1. The van der Waals surface area contributed by atoms with Gasteiger partial charge in [-0.15, -0.1) is 0 Å². The highest BCUT2D eigenvalue weighted by atomic mass is 32.2. The molecule has 0 fully saturated rings.